The number of nitrogens with zero attached hydrogens (tertiary/aromatic N) is 1. The second-order valence-electron chi connectivity index (χ2n) is 7.49. The number of hydrogen-bond acceptors (Lipinski definition) is 1. The van der Waals surface area contributed by atoms with Crippen LogP contribution in [-0.2, 0) is 0 Å². The number of hydrogen-bond donors (Lipinski definition) is 0. The van der Waals surface area contributed by atoms with Gasteiger partial charge in [0.1, 0.15) is 0 Å². The largest absolute Gasteiger partial charge is 0.300 e. The number of likely N-dealkylation sites (N-methyl/N-ethyl adjacent to an activating group) is 1. The first kappa shape index (κ1) is 23.7. The summed E-state index contributed by atoms with van der Waals surface area (Å²) in [6.07, 6.45) is 25.2. The van der Waals surface area contributed by atoms with Crippen molar-refractivity contribution in [3.63, 3.8) is 0 Å². The molecule has 0 saturated carbocycles. The Hall–Kier alpha value is -0.300. The molecular formula is C23H47N. The van der Waals surface area contributed by atoms with E-state index in [-0.39, 0.29) is 0 Å². The van der Waals surface area contributed by atoms with Gasteiger partial charge in [-0.2, -0.15) is 0 Å². The molecule has 0 spiro atoms. The smallest absolute Gasteiger partial charge is 0.0160 e. The van der Waals surface area contributed by atoms with Gasteiger partial charge in [-0.15, -0.1) is 6.58 Å². The van der Waals surface area contributed by atoms with Gasteiger partial charge in [0.05, 0.1) is 0 Å². The van der Waals surface area contributed by atoms with Crippen molar-refractivity contribution in [2.24, 2.45) is 0 Å². The molecule has 0 aromatic carbocycles. The molecule has 1 nitrogen and oxygen atoms in total. The van der Waals surface area contributed by atoms with E-state index >= 15 is 0 Å². The first-order chi connectivity index (χ1) is 11.8. The molecule has 0 aromatic rings. The molecule has 0 rings (SSSR count). The molecule has 24 heavy (non-hydrogen) atoms. The van der Waals surface area contributed by atoms with Gasteiger partial charge in [0.15, 0.2) is 0 Å². The molecule has 0 heterocycles. The van der Waals surface area contributed by atoms with Crippen LogP contribution >= 0.6 is 0 Å². The van der Waals surface area contributed by atoms with Gasteiger partial charge < -0.3 is 0 Å². The van der Waals surface area contributed by atoms with Crippen molar-refractivity contribution in [2.45, 2.75) is 117 Å². The van der Waals surface area contributed by atoms with Crippen molar-refractivity contribution < 1.29 is 0 Å². The van der Waals surface area contributed by atoms with Gasteiger partial charge in [0.25, 0.3) is 0 Å². The lowest BCUT2D eigenvalue weighted by atomic mass is 10.0. The van der Waals surface area contributed by atoms with Crippen LogP contribution in [0.5, 0.6) is 0 Å². The zero-order chi connectivity index (χ0) is 17.7. The van der Waals surface area contributed by atoms with Crippen molar-refractivity contribution >= 4 is 0 Å². The quantitative estimate of drug-likeness (QED) is 0.162. The van der Waals surface area contributed by atoms with Gasteiger partial charge in [-0.25, -0.2) is 0 Å². The normalized spacial score (nSPS) is 11.3. The second-order valence-corrected chi connectivity index (χ2v) is 7.49. The highest BCUT2D eigenvalue weighted by molar-refractivity contribution is 4.72. The average Bonchev–Trinajstić information content (AvgIpc) is 2.60. The molecule has 1 heteroatoms. The summed E-state index contributed by atoms with van der Waals surface area (Å²) < 4.78 is 0. The van der Waals surface area contributed by atoms with Gasteiger partial charge >= 0.3 is 0 Å². The lowest BCUT2D eigenvalue weighted by molar-refractivity contribution is 0.309. The molecule has 0 aliphatic carbocycles. The minimum absolute atomic E-state index is 1.05. The summed E-state index contributed by atoms with van der Waals surface area (Å²) in [7, 11) is 0. The topological polar surface area (TPSA) is 3.24 Å². The fourth-order valence-electron chi connectivity index (χ4n) is 3.44. The summed E-state index contributed by atoms with van der Waals surface area (Å²) in [6.45, 7) is 11.8. The van der Waals surface area contributed by atoms with Crippen LogP contribution in [0.25, 0.3) is 0 Å². The van der Waals surface area contributed by atoms with E-state index in [1.54, 1.807) is 0 Å². The molecule has 144 valence electrons. The Bertz CT molecular complexity index is 236. The van der Waals surface area contributed by atoms with Gasteiger partial charge in [-0.3, -0.25) is 4.90 Å². The highest BCUT2D eigenvalue weighted by Crippen LogP contribution is 2.13. The van der Waals surface area contributed by atoms with Crippen LogP contribution in [0.3, 0.4) is 0 Å². The second kappa shape index (κ2) is 20.7. The van der Waals surface area contributed by atoms with Gasteiger partial charge in [0.2, 0.25) is 0 Å². The van der Waals surface area contributed by atoms with Gasteiger partial charge in [0, 0.05) is 6.54 Å². The molecule has 0 bridgehead atoms. The predicted octanol–water partition coefficient (Wildman–Crippen LogP) is 7.76. The third kappa shape index (κ3) is 18.0. The molecule has 0 amide bonds. The molecule has 0 unspecified atom stereocenters. The Morgan fingerprint density at radius 2 is 0.958 bits per heavy atom. The van der Waals surface area contributed by atoms with E-state index in [0.29, 0.717) is 0 Å². The van der Waals surface area contributed by atoms with E-state index in [0.717, 1.165) is 13.1 Å². The Balaban J connectivity index is 3.08. The molecular weight excluding hydrogens is 290 g/mol. The molecule has 0 radical (unpaired) electrons. The maximum absolute atomic E-state index is 3.83. The third-order valence-electron chi connectivity index (χ3n) is 5.16. The first-order valence-electron chi connectivity index (χ1n) is 11.2. The van der Waals surface area contributed by atoms with E-state index < -0.39 is 0 Å². The molecule has 0 atom stereocenters. The van der Waals surface area contributed by atoms with Crippen molar-refractivity contribution in [2.75, 3.05) is 19.6 Å². The van der Waals surface area contributed by atoms with Crippen molar-refractivity contribution in [1.29, 1.82) is 0 Å². The zero-order valence-corrected chi connectivity index (χ0v) is 17.2. The molecule has 0 fully saturated rings. The van der Waals surface area contributed by atoms with Crippen molar-refractivity contribution in [3.05, 3.63) is 12.7 Å². The lowest BCUT2D eigenvalue weighted by Gasteiger charge is -2.17. The van der Waals surface area contributed by atoms with Gasteiger partial charge in [-0.1, -0.05) is 116 Å². The minimum Gasteiger partial charge on any atom is -0.300 e. The van der Waals surface area contributed by atoms with Crippen LogP contribution in [-0.4, -0.2) is 24.5 Å². The van der Waals surface area contributed by atoms with Crippen LogP contribution in [0.4, 0.5) is 0 Å². The maximum Gasteiger partial charge on any atom is 0.0160 e. The zero-order valence-electron chi connectivity index (χ0n) is 17.2. The predicted molar refractivity (Wildman–Crippen MR) is 112 cm³/mol. The summed E-state index contributed by atoms with van der Waals surface area (Å²) in [5.41, 5.74) is 0. The van der Waals surface area contributed by atoms with E-state index in [2.05, 4.69) is 25.3 Å². The summed E-state index contributed by atoms with van der Waals surface area (Å²) in [5, 5.41) is 0. The summed E-state index contributed by atoms with van der Waals surface area (Å²) in [6, 6.07) is 0. The summed E-state index contributed by atoms with van der Waals surface area (Å²) in [5.74, 6) is 0. The third-order valence-corrected chi connectivity index (χ3v) is 5.16. The Kier molecular flexibility index (Phi) is 20.5. The van der Waals surface area contributed by atoms with Crippen LogP contribution in [0.2, 0.25) is 0 Å². The molecule has 0 N–H and O–H groups in total. The highest BCUT2D eigenvalue weighted by Gasteiger charge is 1.99. The van der Waals surface area contributed by atoms with Crippen molar-refractivity contribution in [1.82, 2.24) is 4.90 Å². The van der Waals surface area contributed by atoms with Crippen molar-refractivity contribution in [3.8, 4) is 0 Å². The number of unbranched alkanes of at least 4 members (excludes halogenated alkanes) is 15. The first-order valence-corrected chi connectivity index (χ1v) is 11.2. The fraction of sp³-hybridized carbons (Fsp3) is 0.913. The summed E-state index contributed by atoms with van der Waals surface area (Å²) >= 11 is 0. The van der Waals surface area contributed by atoms with Gasteiger partial charge in [-0.05, 0) is 19.5 Å². The van der Waals surface area contributed by atoms with E-state index in [1.807, 2.05) is 6.08 Å². The van der Waals surface area contributed by atoms with E-state index in [4.69, 9.17) is 0 Å². The van der Waals surface area contributed by atoms with Crippen LogP contribution in [0, 0.1) is 0 Å². The molecule has 0 aliphatic heterocycles. The number of rotatable bonds is 20. The summed E-state index contributed by atoms with van der Waals surface area (Å²) in [4.78, 5) is 2.48. The van der Waals surface area contributed by atoms with E-state index in [9.17, 15) is 0 Å². The average molecular weight is 338 g/mol. The van der Waals surface area contributed by atoms with Crippen LogP contribution in [0.15, 0.2) is 12.7 Å². The van der Waals surface area contributed by atoms with Crippen LogP contribution in [0.1, 0.15) is 117 Å². The maximum atomic E-state index is 3.83. The molecule has 0 aromatic heterocycles. The minimum atomic E-state index is 1.05. The highest BCUT2D eigenvalue weighted by atomic mass is 15.1. The Labute approximate surface area is 154 Å². The monoisotopic (exact) mass is 337 g/mol. The standard InChI is InChI=1S/C23H47N/c1-4-7-8-9-10-11-12-13-14-15-16-17-18-19-20-21-23-24(6-3)22-5-2/h5H,2,4,6-23H2,1,3H3. The van der Waals surface area contributed by atoms with E-state index in [1.165, 1.54) is 109 Å². The SMILES string of the molecule is C=CCN(CC)CCCCCCCCCCCCCCCCCC. The fourth-order valence-corrected chi connectivity index (χ4v) is 3.44. The van der Waals surface area contributed by atoms with Crippen LogP contribution < -0.4 is 0 Å². The Morgan fingerprint density at radius 1 is 0.583 bits per heavy atom. The molecule has 0 aliphatic rings. The lowest BCUT2D eigenvalue weighted by Crippen LogP contribution is -2.24. The Morgan fingerprint density at radius 3 is 1.29 bits per heavy atom. The molecule has 0 saturated heterocycles.